The molecule has 26 heavy (non-hydrogen) atoms. The molecule has 8 nitrogen and oxygen atoms in total. The van der Waals surface area contributed by atoms with Crippen molar-refractivity contribution in [2.24, 2.45) is 0 Å². The quantitative estimate of drug-likeness (QED) is 0.713. The molecule has 1 aliphatic heterocycles. The highest BCUT2D eigenvalue weighted by Gasteiger charge is 2.33. The fourth-order valence-corrected chi connectivity index (χ4v) is 3.52. The van der Waals surface area contributed by atoms with E-state index in [2.05, 4.69) is 20.3 Å². The van der Waals surface area contributed by atoms with Gasteiger partial charge in [0.1, 0.15) is 11.6 Å². The lowest BCUT2D eigenvalue weighted by atomic mass is 10.1. The van der Waals surface area contributed by atoms with E-state index in [1.807, 2.05) is 26.8 Å². The van der Waals surface area contributed by atoms with Crippen LogP contribution in [0.2, 0.25) is 0 Å². The Kier molecular flexibility index (Phi) is 4.02. The molecule has 4 heterocycles. The summed E-state index contributed by atoms with van der Waals surface area (Å²) in [6.07, 6.45) is 3.23. The monoisotopic (exact) mass is 353 g/mol. The van der Waals surface area contributed by atoms with Crippen LogP contribution in [0.4, 0.5) is 0 Å². The number of amides is 1. The van der Waals surface area contributed by atoms with Crippen LogP contribution in [0.25, 0.3) is 11.3 Å². The summed E-state index contributed by atoms with van der Waals surface area (Å²) >= 11 is 0. The minimum Gasteiger partial charge on any atom is -0.361 e. The van der Waals surface area contributed by atoms with Crippen molar-refractivity contribution >= 4 is 5.91 Å². The van der Waals surface area contributed by atoms with Gasteiger partial charge in [0.25, 0.3) is 5.91 Å². The highest BCUT2D eigenvalue weighted by molar-refractivity contribution is 5.91. The van der Waals surface area contributed by atoms with E-state index in [9.17, 15) is 4.79 Å². The SMILES string of the molecule is Cc1nc(-c2c(C)noc2C)cc([C@@H]2CCCN2C(=O)c2ccno2)n1. The van der Waals surface area contributed by atoms with Crippen molar-refractivity contribution in [2.75, 3.05) is 6.54 Å². The molecular formula is C18H19N5O3. The predicted octanol–water partition coefficient (Wildman–Crippen LogP) is 3.02. The lowest BCUT2D eigenvalue weighted by Crippen LogP contribution is -2.31. The number of aromatic nitrogens is 4. The van der Waals surface area contributed by atoms with Gasteiger partial charge in [-0.1, -0.05) is 10.3 Å². The molecule has 0 aromatic carbocycles. The second kappa shape index (κ2) is 6.36. The van der Waals surface area contributed by atoms with Crippen molar-refractivity contribution in [3.63, 3.8) is 0 Å². The van der Waals surface area contributed by atoms with Gasteiger partial charge in [0.05, 0.1) is 34.9 Å². The van der Waals surface area contributed by atoms with E-state index in [-0.39, 0.29) is 17.7 Å². The minimum atomic E-state index is -0.167. The molecule has 1 atom stereocenters. The third kappa shape index (κ3) is 2.77. The molecule has 3 aromatic rings. The van der Waals surface area contributed by atoms with E-state index in [4.69, 9.17) is 9.05 Å². The van der Waals surface area contributed by atoms with Gasteiger partial charge in [0.15, 0.2) is 0 Å². The van der Waals surface area contributed by atoms with Crippen molar-refractivity contribution in [1.82, 2.24) is 25.2 Å². The van der Waals surface area contributed by atoms with Crippen molar-refractivity contribution in [2.45, 2.75) is 39.7 Å². The summed E-state index contributed by atoms with van der Waals surface area (Å²) in [6.45, 7) is 6.26. The molecule has 1 amide bonds. The Bertz CT molecular complexity index is 928. The number of likely N-dealkylation sites (tertiary alicyclic amines) is 1. The Morgan fingerprint density at radius 3 is 2.77 bits per heavy atom. The predicted molar refractivity (Wildman–Crippen MR) is 91.3 cm³/mol. The fraction of sp³-hybridized carbons (Fsp3) is 0.389. The van der Waals surface area contributed by atoms with Crippen LogP contribution in [0.15, 0.2) is 27.4 Å². The summed E-state index contributed by atoms with van der Waals surface area (Å²) in [5.41, 5.74) is 3.25. The van der Waals surface area contributed by atoms with Gasteiger partial charge < -0.3 is 13.9 Å². The topological polar surface area (TPSA) is 98.2 Å². The normalized spacial score (nSPS) is 17.0. The first-order valence-electron chi connectivity index (χ1n) is 8.55. The summed E-state index contributed by atoms with van der Waals surface area (Å²) in [6, 6.07) is 3.39. The summed E-state index contributed by atoms with van der Waals surface area (Å²) in [5.74, 6) is 1.44. The van der Waals surface area contributed by atoms with Gasteiger partial charge in [-0.15, -0.1) is 0 Å². The van der Waals surface area contributed by atoms with Crippen LogP contribution in [0, 0.1) is 20.8 Å². The average Bonchev–Trinajstić information content (AvgIpc) is 3.35. The smallest absolute Gasteiger partial charge is 0.293 e. The molecule has 0 saturated carbocycles. The summed E-state index contributed by atoms with van der Waals surface area (Å²) < 4.78 is 10.3. The van der Waals surface area contributed by atoms with Crippen LogP contribution in [0.5, 0.6) is 0 Å². The lowest BCUT2D eigenvalue weighted by molar-refractivity contribution is 0.0690. The molecule has 1 saturated heterocycles. The number of aryl methyl sites for hydroxylation is 3. The zero-order valence-corrected chi connectivity index (χ0v) is 14.9. The van der Waals surface area contributed by atoms with E-state index >= 15 is 0 Å². The van der Waals surface area contributed by atoms with Gasteiger partial charge in [-0.25, -0.2) is 9.97 Å². The first-order valence-corrected chi connectivity index (χ1v) is 8.55. The number of carbonyl (C=O) groups is 1. The average molecular weight is 353 g/mol. The molecule has 8 heteroatoms. The van der Waals surface area contributed by atoms with Crippen molar-refractivity contribution < 1.29 is 13.8 Å². The van der Waals surface area contributed by atoms with Gasteiger partial charge in [-0.2, -0.15) is 0 Å². The van der Waals surface area contributed by atoms with Crippen LogP contribution in [-0.4, -0.2) is 37.6 Å². The van der Waals surface area contributed by atoms with Gasteiger partial charge in [-0.3, -0.25) is 4.79 Å². The summed E-state index contributed by atoms with van der Waals surface area (Å²) in [4.78, 5) is 23.7. The fourth-order valence-electron chi connectivity index (χ4n) is 3.52. The van der Waals surface area contributed by atoms with Crippen molar-refractivity contribution in [3.05, 3.63) is 47.1 Å². The molecule has 0 aliphatic carbocycles. The van der Waals surface area contributed by atoms with Crippen LogP contribution < -0.4 is 0 Å². The third-order valence-corrected chi connectivity index (χ3v) is 4.65. The Balaban J connectivity index is 1.72. The van der Waals surface area contributed by atoms with Gasteiger partial charge in [-0.05, 0) is 39.7 Å². The molecule has 134 valence electrons. The molecule has 0 spiro atoms. The van der Waals surface area contributed by atoms with E-state index < -0.39 is 0 Å². The number of hydrogen-bond acceptors (Lipinski definition) is 7. The Hall–Kier alpha value is -3.03. The van der Waals surface area contributed by atoms with Crippen LogP contribution in [0.1, 0.15) is 52.4 Å². The molecule has 3 aromatic heterocycles. The zero-order valence-electron chi connectivity index (χ0n) is 14.9. The largest absolute Gasteiger partial charge is 0.361 e. The second-order valence-electron chi connectivity index (χ2n) is 6.46. The van der Waals surface area contributed by atoms with Gasteiger partial charge in [0.2, 0.25) is 5.76 Å². The van der Waals surface area contributed by atoms with Crippen molar-refractivity contribution in [3.8, 4) is 11.3 Å². The second-order valence-corrected chi connectivity index (χ2v) is 6.46. The first-order chi connectivity index (χ1) is 12.5. The Morgan fingerprint density at radius 2 is 2.08 bits per heavy atom. The van der Waals surface area contributed by atoms with Gasteiger partial charge >= 0.3 is 0 Å². The minimum absolute atomic E-state index is 0.117. The molecule has 4 rings (SSSR count). The van der Waals surface area contributed by atoms with Crippen LogP contribution >= 0.6 is 0 Å². The molecule has 1 aliphatic rings. The Labute approximate surface area is 150 Å². The standard InChI is InChI=1S/C18H19N5O3/c1-10-17(11(2)25-22-10)14-9-13(20-12(3)21-14)15-5-4-8-23(15)18(24)16-6-7-19-26-16/h6-7,9,15H,4-5,8H2,1-3H3/t15-/m0/s1. The van der Waals surface area contributed by atoms with Gasteiger partial charge in [0, 0.05) is 12.6 Å². The highest BCUT2D eigenvalue weighted by Crippen LogP contribution is 2.34. The summed E-state index contributed by atoms with van der Waals surface area (Å²) in [5, 5.41) is 7.64. The zero-order chi connectivity index (χ0) is 18.3. The first kappa shape index (κ1) is 16.4. The number of nitrogens with zero attached hydrogens (tertiary/aromatic N) is 5. The molecule has 1 fully saturated rings. The maximum Gasteiger partial charge on any atom is 0.293 e. The molecule has 0 unspecified atom stereocenters. The summed E-state index contributed by atoms with van der Waals surface area (Å²) in [7, 11) is 0. The molecule has 0 bridgehead atoms. The number of carbonyl (C=O) groups excluding carboxylic acids is 1. The van der Waals surface area contributed by atoms with E-state index in [1.165, 1.54) is 6.20 Å². The molecular weight excluding hydrogens is 334 g/mol. The number of rotatable bonds is 3. The maximum atomic E-state index is 12.7. The van der Waals surface area contributed by atoms with E-state index in [1.54, 1.807) is 11.0 Å². The van der Waals surface area contributed by atoms with E-state index in [0.29, 0.717) is 18.1 Å². The maximum absolute atomic E-state index is 12.7. The van der Waals surface area contributed by atoms with Crippen molar-refractivity contribution in [1.29, 1.82) is 0 Å². The van der Waals surface area contributed by atoms with Crippen LogP contribution in [-0.2, 0) is 0 Å². The third-order valence-electron chi connectivity index (χ3n) is 4.65. The van der Waals surface area contributed by atoms with Crippen LogP contribution in [0.3, 0.4) is 0 Å². The van der Waals surface area contributed by atoms with E-state index in [0.717, 1.165) is 35.5 Å². The Morgan fingerprint density at radius 1 is 1.23 bits per heavy atom. The molecule has 0 N–H and O–H groups in total. The number of hydrogen-bond donors (Lipinski definition) is 0. The lowest BCUT2D eigenvalue weighted by Gasteiger charge is -2.23. The highest BCUT2D eigenvalue weighted by atomic mass is 16.5. The molecule has 0 radical (unpaired) electrons.